The summed E-state index contributed by atoms with van der Waals surface area (Å²) in [5.41, 5.74) is 6.83. The number of nitrogens with zero attached hydrogens (tertiary/aromatic N) is 5. The fourth-order valence-electron chi connectivity index (χ4n) is 1.70. The highest BCUT2D eigenvalue weighted by atomic mass is 16.5. The standard InChI is InChI=1S/C11H18N6O3/c1-16(2)9-8-10(15-11(12)14-9)17(5-13-8)6-20-7(3-18)4-19/h5,7,18-19H,3-4,6H2,1-2H3,(H2,12,14,15). The van der Waals surface area contributed by atoms with Crippen molar-refractivity contribution in [3.63, 3.8) is 0 Å². The van der Waals surface area contributed by atoms with Crippen LogP contribution in [0.3, 0.4) is 0 Å². The molecule has 0 radical (unpaired) electrons. The highest BCUT2D eigenvalue weighted by Gasteiger charge is 2.14. The van der Waals surface area contributed by atoms with Gasteiger partial charge < -0.3 is 25.6 Å². The first-order valence-electron chi connectivity index (χ1n) is 6.05. The Morgan fingerprint density at radius 3 is 2.65 bits per heavy atom. The van der Waals surface area contributed by atoms with E-state index in [9.17, 15) is 0 Å². The summed E-state index contributed by atoms with van der Waals surface area (Å²) >= 11 is 0. The molecular weight excluding hydrogens is 264 g/mol. The molecule has 2 aromatic rings. The number of nitrogens with two attached hydrogens (primary N) is 1. The van der Waals surface area contributed by atoms with E-state index in [-0.39, 0.29) is 25.9 Å². The smallest absolute Gasteiger partial charge is 0.224 e. The van der Waals surface area contributed by atoms with Crippen molar-refractivity contribution in [1.29, 1.82) is 0 Å². The average molecular weight is 282 g/mol. The molecule has 0 aliphatic carbocycles. The third-order valence-electron chi connectivity index (χ3n) is 2.74. The molecule has 0 fully saturated rings. The van der Waals surface area contributed by atoms with Gasteiger partial charge in [-0.3, -0.25) is 4.57 Å². The van der Waals surface area contributed by atoms with Crippen LogP contribution in [0.4, 0.5) is 11.8 Å². The largest absolute Gasteiger partial charge is 0.394 e. The van der Waals surface area contributed by atoms with Crippen molar-refractivity contribution in [2.24, 2.45) is 0 Å². The fourth-order valence-corrected chi connectivity index (χ4v) is 1.70. The maximum absolute atomic E-state index is 8.97. The summed E-state index contributed by atoms with van der Waals surface area (Å²) in [5.74, 6) is 0.760. The van der Waals surface area contributed by atoms with Gasteiger partial charge in [-0.05, 0) is 0 Å². The molecule has 0 aromatic carbocycles. The SMILES string of the molecule is CN(C)c1nc(N)nc2c1ncn2COC(CO)CO. The monoisotopic (exact) mass is 282 g/mol. The number of anilines is 2. The Morgan fingerprint density at radius 2 is 2.05 bits per heavy atom. The molecule has 0 atom stereocenters. The summed E-state index contributed by atoms with van der Waals surface area (Å²) in [4.78, 5) is 14.3. The minimum absolute atomic E-state index is 0.103. The Labute approximate surface area is 115 Å². The van der Waals surface area contributed by atoms with E-state index in [2.05, 4.69) is 15.0 Å². The summed E-state index contributed by atoms with van der Waals surface area (Å²) in [5, 5.41) is 17.9. The molecule has 0 unspecified atom stereocenters. The van der Waals surface area contributed by atoms with Crippen LogP contribution < -0.4 is 10.6 Å². The molecule has 20 heavy (non-hydrogen) atoms. The first-order chi connectivity index (χ1) is 9.56. The van der Waals surface area contributed by atoms with Crippen LogP contribution in [-0.2, 0) is 11.5 Å². The molecule has 0 spiro atoms. The lowest BCUT2D eigenvalue weighted by molar-refractivity contribution is -0.0488. The van der Waals surface area contributed by atoms with Crippen molar-refractivity contribution < 1.29 is 14.9 Å². The van der Waals surface area contributed by atoms with Gasteiger partial charge >= 0.3 is 0 Å². The normalized spacial score (nSPS) is 11.4. The first kappa shape index (κ1) is 14.4. The summed E-state index contributed by atoms with van der Waals surface area (Å²) in [6.07, 6.45) is 0.914. The average Bonchev–Trinajstić information content (AvgIpc) is 2.82. The highest BCUT2D eigenvalue weighted by molar-refractivity contribution is 5.84. The molecule has 0 amide bonds. The van der Waals surface area contributed by atoms with E-state index in [0.29, 0.717) is 17.0 Å². The van der Waals surface area contributed by atoms with Crippen molar-refractivity contribution in [1.82, 2.24) is 19.5 Å². The lowest BCUT2D eigenvalue weighted by Crippen LogP contribution is -2.23. The van der Waals surface area contributed by atoms with Gasteiger partial charge in [-0.25, -0.2) is 4.98 Å². The molecule has 4 N–H and O–H groups in total. The van der Waals surface area contributed by atoms with E-state index in [1.807, 2.05) is 14.1 Å². The molecular formula is C11H18N6O3. The van der Waals surface area contributed by atoms with Crippen molar-refractivity contribution >= 4 is 22.9 Å². The predicted octanol–water partition coefficient (Wildman–Crippen LogP) is -1.20. The fraction of sp³-hybridized carbons (Fsp3) is 0.545. The molecule has 2 heterocycles. The minimum atomic E-state index is -0.639. The molecule has 9 nitrogen and oxygen atoms in total. The topological polar surface area (TPSA) is 123 Å². The van der Waals surface area contributed by atoms with Gasteiger partial charge in [-0.15, -0.1) is 0 Å². The van der Waals surface area contributed by atoms with Crippen LogP contribution in [-0.4, -0.2) is 63.1 Å². The van der Waals surface area contributed by atoms with Gasteiger partial charge in [0.15, 0.2) is 17.0 Å². The molecule has 9 heteroatoms. The first-order valence-corrected chi connectivity index (χ1v) is 6.05. The van der Waals surface area contributed by atoms with E-state index in [1.54, 1.807) is 15.8 Å². The van der Waals surface area contributed by atoms with Crippen LogP contribution in [0.1, 0.15) is 0 Å². The second-order valence-electron chi connectivity index (χ2n) is 4.47. The van der Waals surface area contributed by atoms with Crippen LogP contribution in [0.15, 0.2) is 6.33 Å². The Morgan fingerprint density at radius 1 is 1.35 bits per heavy atom. The minimum Gasteiger partial charge on any atom is -0.394 e. The molecule has 2 rings (SSSR count). The zero-order valence-electron chi connectivity index (χ0n) is 11.4. The molecule has 110 valence electrons. The number of fused-ring (bicyclic) bond motifs is 1. The van der Waals surface area contributed by atoms with E-state index in [1.165, 1.54) is 0 Å². The van der Waals surface area contributed by atoms with Crippen molar-refractivity contribution in [3.05, 3.63) is 6.33 Å². The number of aromatic nitrogens is 4. The number of aliphatic hydroxyl groups excluding tert-OH is 2. The van der Waals surface area contributed by atoms with Crippen LogP contribution >= 0.6 is 0 Å². The van der Waals surface area contributed by atoms with Crippen LogP contribution in [0, 0.1) is 0 Å². The van der Waals surface area contributed by atoms with Crippen molar-refractivity contribution in [3.8, 4) is 0 Å². The van der Waals surface area contributed by atoms with E-state index in [0.717, 1.165) is 0 Å². The van der Waals surface area contributed by atoms with Gasteiger partial charge in [0.05, 0.1) is 19.5 Å². The quantitative estimate of drug-likeness (QED) is 0.604. The summed E-state index contributed by atoms with van der Waals surface area (Å²) < 4.78 is 6.98. The van der Waals surface area contributed by atoms with Crippen LogP contribution in [0.25, 0.3) is 11.2 Å². The number of hydrogen-bond acceptors (Lipinski definition) is 8. The number of rotatable bonds is 6. The number of nitrogen functional groups attached to an aromatic ring is 1. The third-order valence-corrected chi connectivity index (χ3v) is 2.74. The summed E-state index contributed by atoms with van der Waals surface area (Å²) in [6.45, 7) is -0.419. The van der Waals surface area contributed by atoms with Crippen LogP contribution in [0.5, 0.6) is 0 Å². The number of hydrogen-bond donors (Lipinski definition) is 3. The Hall–Kier alpha value is -1.97. The number of aliphatic hydroxyl groups is 2. The van der Waals surface area contributed by atoms with Gasteiger partial charge in [-0.2, -0.15) is 9.97 Å². The van der Waals surface area contributed by atoms with Gasteiger partial charge in [0.25, 0.3) is 0 Å². The maximum atomic E-state index is 8.97. The highest BCUT2D eigenvalue weighted by Crippen LogP contribution is 2.21. The number of ether oxygens (including phenoxy) is 1. The van der Waals surface area contributed by atoms with E-state index < -0.39 is 6.10 Å². The Balaban J connectivity index is 2.32. The van der Waals surface area contributed by atoms with Crippen molar-refractivity contribution in [2.75, 3.05) is 37.9 Å². The molecule has 0 saturated carbocycles. The van der Waals surface area contributed by atoms with E-state index >= 15 is 0 Å². The van der Waals surface area contributed by atoms with Crippen LogP contribution in [0.2, 0.25) is 0 Å². The maximum Gasteiger partial charge on any atom is 0.224 e. The van der Waals surface area contributed by atoms with E-state index in [4.69, 9.17) is 20.7 Å². The molecule has 2 aromatic heterocycles. The van der Waals surface area contributed by atoms with Gasteiger partial charge in [0.2, 0.25) is 5.95 Å². The molecule has 0 aliphatic heterocycles. The second kappa shape index (κ2) is 5.99. The lowest BCUT2D eigenvalue weighted by atomic mass is 10.4. The lowest BCUT2D eigenvalue weighted by Gasteiger charge is -2.14. The zero-order valence-corrected chi connectivity index (χ0v) is 11.4. The molecule has 0 bridgehead atoms. The zero-order chi connectivity index (χ0) is 14.7. The molecule has 0 aliphatic rings. The third kappa shape index (κ3) is 2.79. The summed E-state index contributed by atoms with van der Waals surface area (Å²) in [7, 11) is 3.68. The molecule has 0 saturated heterocycles. The second-order valence-corrected chi connectivity index (χ2v) is 4.47. The predicted molar refractivity (Wildman–Crippen MR) is 73.1 cm³/mol. The van der Waals surface area contributed by atoms with Crippen molar-refractivity contribution in [2.45, 2.75) is 12.8 Å². The summed E-state index contributed by atoms with van der Waals surface area (Å²) in [6, 6.07) is 0. The number of imidazole rings is 1. The Bertz CT molecular complexity index is 581. The van der Waals surface area contributed by atoms with Gasteiger partial charge in [0, 0.05) is 14.1 Å². The van der Waals surface area contributed by atoms with Gasteiger partial charge in [0.1, 0.15) is 12.8 Å². The van der Waals surface area contributed by atoms with Gasteiger partial charge in [-0.1, -0.05) is 0 Å². The Kier molecular flexibility index (Phi) is 4.32.